The second-order valence-corrected chi connectivity index (χ2v) is 27.5. The van der Waals surface area contributed by atoms with Gasteiger partial charge in [-0.05, 0) is 12.0 Å². The van der Waals surface area contributed by atoms with E-state index in [-0.39, 0.29) is 131 Å². The highest BCUT2D eigenvalue weighted by Crippen LogP contribution is 2.39. The molecular formula is C69H112N12O29. The standard InChI is InChI=1S/C69H112N12O29/c70-57-59(84)62(87)68(48-106-64(57)109-68)45-100-31-28-96-25-22-93-19-16-90-13-9-80-35-52(74-77-80)39-103-42-66(72-55(83)7-4-11-98-37-50-5-2-1-3-6-50,41-102-38-51-34-79(76-73-51)8-12-89-15-18-92-21-24-95-27-30-99-44-67-47-105-56(108-67)33-54(82)61(67)86)43-104-40-53-36-81(78-75-53)10-14-91-17-20-94-23-26-97-29-32-101-46-69-49-107-65(110-69)58(71)60(85)63(69)88/h1-3,5-6,34-36,54,56-65,82,84-88H,4,7-33,37-49,70-71H2,(H,72,83). The van der Waals surface area contributed by atoms with Gasteiger partial charge in [-0.2, -0.15) is 0 Å². The molecule has 41 nitrogen and oxygen atoms in total. The average Bonchev–Trinajstić information content (AvgIpc) is 1.61. The lowest BCUT2D eigenvalue weighted by molar-refractivity contribution is -0.233. The SMILES string of the molecule is NC1C2OCC(COCCOCCOCCOCCn3cc(COCC(COCc4cn(CCOCCOCCOCCOCC56COC(CC(O)C5O)O6)nn4)(COCc4cn(CCOCCOCCOCCOCC56COC(O5)C(N)C(O)C6O)nn4)NC(=O)CCCOCc4ccccc4)nn3)(O2)C(O)C1O. The summed E-state index contributed by atoms with van der Waals surface area (Å²) >= 11 is 0. The molecule has 41 heteroatoms. The predicted molar refractivity (Wildman–Crippen MR) is 372 cm³/mol. The Labute approximate surface area is 636 Å². The number of benzene rings is 1. The maximum absolute atomic E-state index is 14.1. The molecule has 110 heavy (non-hydrogen) atoms. The number of carbonyl (C=O) groups excluding carboxylic acids is 1. The van der Waals surface area contributed by atoms with Crippen molar-refractivity contribution < 1.29 is 140 Å². The van der Waals surface area contributed by atoms with E-state index in [0.29, 0.717) is 162 Å². The van der Waals surface area contributed by atoms with Crippen LogP contribution in [0.3, 0.4) is 0 Å². The number of nitrogens with two attached hydrogens (primary N) is 2. The second kappa shape index (κ2) is 46.5. The first-order valence-corrected chi connectivity index (χ1v) is 37.4. The number of aliphatic hydroxyl groups excluding tert-OH is 6. The van der Waals surface area contributed by atoms with Crippen molar-refractivity contribution >= 4 is 5.91 Å². The number of carbonyl (C=O) groups is 1. The van der Waals surface area contributed by atoms with Crippen molar-refractivity contribution in [1.29, 1.82) is 0 Å². The van der Waals surface area contributed by atoms with Gasteiger partial charge in [0.25, 0.3) is 0 Å². The fourth-order valence-electron chi connectivity index (χ4n) is 12.6. The molecule has 6 aliphatic heterocycles. The fourth-order valence-corrected chi connectivity index (χ4v) is 12.6. The van der Waals surface area contributed by atoms with E-state index in [9.17, 15) is 35.4 Å². The van der Waals surface area contributed by atoms with Crippen LogP contribution in [0.4, 0.5) is 0 Å². The number of aromatic nitrogens is 9. The molecule has 14 unspecified atom stereocenters. The maximum Gasteiger partial charge on any atom is 0.220 e. The quantitative estimate of drug-likeness (QED) is 0.0187. The van der Waals surface area contributed by atoms with Crippen molar-refractivity contribution in [3.05, 3.63) is 71.6 Å². The van der Waals surface area contributed by atoms with Crippen molar-refractivity contribution in [3.8, 4) is 0 Å². The van der Waals surface area contributed by atoms with Gasteiger partial charge in [-0.1, -0.05) is 46.0 Å². The minimum Gasteiger partial charge on any atom is -0.390 e. The van der Waals surface area contributed by atoms with E-state index in [4.69, 9.17) is 116 Å². The lowest BCUT2D eigenvalue weighted by Crippen LogP contribution is -2.65. The molecule has 0 radical (unpaired) electrons. The number of fused-ring (bicyclic) bond motifs is 6. The first-order valence-electron chi connectivity index (χ1n) is 37.4. The van der Waals surface area contributed by atoms with Gasteiger partial charge in [0, 0.05) is 19.4 Å². The van der Waals surface area contributed by atoms with E-state index < -0.39 is 89.9 Å². The summed E-state index contributed by atoms with van der Waals surface area (Å²) in [5, 5.41) is 91.1. The fraction of sp³-hybridized carbons (Fsp3) is 0.812. The Kier molecular flexibility index (Phi) is 36.9. The summed E-state index contributed by atoms with van der Waals surface area (Å²) in [5.41, 5.74) is 9.61. The molecule has 9 heterocycles. The van der Waals surface area contributed by atoms with E-state index in [1.54, 1.807) is 32.6 Å². The molecule has 3 aromatic heterocycles. The zero-order chi connectivity index (χ0) is 77.1. The summed E-state index contributed by atoms with van der Waals surface area (Å²) in [6, 6.07) is 8.08. The van der Waals surface area contributed by atoms with Gasteiger partial charge < -0.3 is 152 Å². The molecular weight excluding hydrogens is 1460 g/mol. The van der Waals surface area contributed by atoms with Gasteiger partial charge in [0.05, 0.1) is 281 Å². The van der Waals surface area contributed by atoms with Crippen LogP contribution in [-0.4, -0.2) is 376 Å². The van der Waals surface area contributed by atoms with Gasteiger partial charge in [0.2, 0.25) is 5.91 Å². The Morgan fingerprint density at radius 2 is 0.809 bits per heavy atom. The highest BCUT2D eigenvalue weighted by Gasteiger charge is 2.60. The third kappa shape index (κ3) is 27.3. The van der Waals surface area contributed by atoms with Gasteiger partial charge in [0.1, 0.15) is 69.9 Å². The molecule has 0 aliphatic carbocycles. The van der Waals surface area contributed by atoms with Crippen molar-refractivity contribution in [2.75, 3.05) is 205 Å². The van der Waals surface area contributed by atoms with Gasteiger partial charge in [0.15, 0.2) is 18.9 Å². The lowest BCUT2D eigenvalue weighted by atomic mass is 9.89. The van der Waals surface area contributed by atoms with E-state index in [2.05, 4.69) is 36.3 Å². The number of amides is 1. The topological polar surface area (TPSA) is 498 Å². The molecule has 14 atom stereocenters. The Hall–Kier alpha value is -5.09. The van der Waals surface area contributed by atoms with Crippen molar-refractivity contribution in [2.24, 2.45) is 11.5 Å². The summed E-state index contributed by atoms with van der Waals surface area (Å²) in [5.74, 6) is -0.289. The number of hydrogen-bond donors (Lipinski definition) is 9. The minimum atomic E-state index is -1.27. The molecule has 4 aromatic rings. The first kappa shape index (κ1) is 87.3. The minimum absolute atomic E-state index is 0.00954. The van der Waals surface area contributed by atoms with Gasteiger partial charge in [-0.3, -0.25) is 4.79 Å². The number of nitrogens with zero attached hydrogens (tertiary/aromatic N) is 9. The van der Waals surface area contributed by atoms with Crippen molar-refractivity contribution in [3.63, 3.8) is 0 Å². The van der Waals surface area contributed by atoms with Crippen LogP contribution in [0.15, 0.2) is 48.9 Å². The average molecular weight is 1570 g/mol. The zero-order valence-electron chi connectivity index (χ0n) is 62.2. The highest BCUT2D eigenvalue weighted by atomic mass is 16.8. The van der Waals surface area contributed by atoms with E-state index in [1.807, 2.05) is 30.3 Å². The molecule has 10 rings (SSSR count). The van der Waals surface area contributed by atoms with Crippen LogP contribution in [0.1, 0.15) is 41.9 Å². The van der Waals surface area contributed by atoms with Crippen molar-refractivity contribution in [2.45, 2.75) is 155 Å². The normalized spacial score (nSPS) is 27.5. The molecule has 6 bridgehead atoms. The van der Waals surface area contributed by atoms with E-state index >= 15 is 0 Å². The monoisotopic (exact) mass is 1570 g/mol. The number of ether oxygens (including phenoxy) is 22. The Morgan fingerprint density at radius 3 is 1.21 bits per heavy atom. The summed E-state index contributed by atoms with van der Waals surface area (Å²) in [7, 11) is 0. The van der Waals surface area contributed by atoms with Crippen LogP contribution < -0.4 is 16.8 Å². The molecule has 1 aromatic carbocycles. The van der Waals surface area contributed by atoms with Crippen LogP contribution in [-0.2, 0) is 155 Å². The zero-order valence-corrected chi connectivity index (χ0v) is 62.2. The molecule has 1 amide bonds. The molecule has 6 fully saturated rings. The molecule has 0 saturated carbocycles. The smallest absolute Gasteiger partial charge is 0.220 e. The van der Waals surface area contributed by atoms with E-state index in [0.717, 1.165) is 5.56 Å². The van der Waals surface area contributed by atoms with E-state index in [1.165, 1.54) is 0 Å². The second-order valence-electron chi connectivity index (χ2n) is 27.5. The molecule has 0 spiro atoms. The van der Waals surface area contributed by atoms with Crippen LogP contribution >= 0.6 is 0 Å². The van der Waals surface area contributed by atoms with Gasteiger partial charge >= 0.3 is 0 Å². The number of rotatable bonds is 61. The molecule has 11 N–H and O–H groups in total. The molecule has 6 aliphatic rings. The van der Waals surface area contributed by atoms with Crippen LogP contribution in [0.25, 0.3) is 0 Å². The summed E-state index contributed by atoms with van der Waals surface area (Å²) in [4.78, 5) is 14.1. The molecule has 622 valence electrons. The first-order chi connectivity index (χ1) is 53.6. The third-order valence-electron chi connectivity index (χ3n) is 18.7. The Balaban J connectivity index is 0.637. The van der Waals surface area contributed by atoms with Gasteiger partial charge in [-0.25, -0.2) is 14.0 Å². The molecule has 6 saturated heterocycles. The Morgan fingerprint density at radius 1 is 0.445 bits per heavy atom. The Bertz CT molecular complexity index is 3060. The predicted octanol–water partition coefficient (Wildman–Crippen LogP) is -4.95. The third-order valence-corrected chi connectivity index (χ3v) is 18.7. The number of nitrogens with one attached hydrogen (secondary N) is 1. The van der Waals surface area contributed by atoms with Crippen LogP contribution in [0.2, 0.25) is 0 Å². The summed E-state index contributed by atoms with van der Waals surface area (Å²) in [6.07, 6.45) is -3.01. The largest absolute Gasteiger partial charge is 0.390 e. The maximum atomic E-state index is 14.1. The van der Waals surface area contributed by atoms with Crippen molar-refractivity contribution in [1.82, 2.24) is 50.3 Å². The highest BCUT2D eigenvalue weighted by molar-refractivity contribution is 5.76. The summed E-state index contributed by atoms with van der Waals surface area (Å²) < 4.78 is 132. The summed E-state index contributed by atoms with van der Waals surface area (Å²) in [6.45, 7) is 8.67. The number of hydrogen-bond acceptors (Lipinski definition) is 37. The lowest BCUT2D eigenvalue weighted by Gasteiger charge is -2.41. The van der Waals surface area contributed by atoms with Gasteiger partial charge in [-0.15, -0.1) is 15.3 Å². The number of aliphatic hydroxyl groups is 6. The van der Waals surface area contributed by atoms with Crippen LogP contribution in [0, 0.1) is 0 Å². The van der Waals surface area contributed by atoms with Crippen LogP contribution in [0.5, 0.6) is 0 Å².